The minimum absolute atomic E-state index is 0.116. The van der Waals surface area contributed by atoms with E-state index < -0.39 is 9.84 Å². The molecule has 0 amide bonds. The zero-order chi connectivity index (χ0) is 13.6. The van der Waals surface area contributed by atoms with Gasteiger partial charge in [0.15, 0.2) is 9.84 Å². The monoisotopic (exact) mass is 288 g/mol. The molecule has 1 fully saturated rings. The Labute approximate surface area is 113 Å². The molecular weight excluding hydrogens is 272 g/mol. The van der Waals surface area contributed by atoms with Crippen LogP contribution in [0.2, 0.25) is 5.15 Å². The molecule has 18 heavy (non-hydrogen) atoms. The van der Waals surface area contributed by atoms with E-state index in [4.69, 9.17) is 11.6 Å². The molecule has 4 nitrogen and oxygen atoms in total. The molecule has 0 radical (unpaired) electrons. The number of sulfone groups is 1. The highest BCUT2D eigenvalue weighted by atomic mass is 35.5. The molecule has 2 rings (SSSR count). The van der Waals surface area contributed by atoms with Gasteiger partial charge in [0.05, 0.1) is 17.2 Å². The van der Waals surface area contributed by atoms with Gasteiger partial charge in [-0.1, -0.05) is 32.4 Å². The first-order valence-electron chi connectivity index (χ1n) is 5.93. The first-order chi connectivity index (χ1) is 8.17. The zero-order valence-corrected chi connectivity index (χ0v) is 12.3. The summed E-state index contributed by atoms with van der Waals surface area (Å²) in [4.78, 5) is 8.68. The maximum absolute atomic E-state index is 11.5. The Balaban J connectivity index is 2.38. The fourth-order valence-electron chi connectivity index (χ4n) is 2.00. The smallest absolute Gasteiger partial charge is 0.151 e. The highest BCUT2D eigenvalue weighted by molar-refractivity contribution is 7.91. The lowest BCUT2D eigenvalue weighted by Gasteiger charge is -2.19. The Kier molecular flexibility index (Phi) is 3.40. The second-order valence-corrected chi connectivity index (χ2v) is 8.40. The average molecular weight is 289 g/mol. The number of hydrogen-bond acceptors (Lipinski definition) is 4. The Morgan fingerprint density at radius 1 is 1.33 bits per heavy atom. The summed E-state index contributed by atoms with van der Waals surface area (Å²) < 4.78 is 23.0. The van der Waals surface area contributed by atoms with Crippen LogP contribution in [0.1, 0.15) is 44.6 Å². The molecule has 0 spiro atoms. The highest BCUT2D eigenvalue weighted by Crippen LogP contribution is 2.29. The third-order valence-corrected chi connectivity index (χ3v) is 5.04. The maximum Gasteiger partial charge on any atom is 0.151 e. The third-order valence-electron chi connectivity index (χ3n) is 3.08. The summed E-state index contributed by atoms with van der Waals surface area (Å²) in [5.41, 5.74) is 0.723. The summed E-state index contributed by atoms with van der Waals surface area (Å²) in [7, 11) is -2.93. The molecule has 1 atom stereocenters. The minimum atomic E-state index is -2.93. The van der Waals surface area contributed by atoms with E-state index in [0.717, 1.165) is 5.69 Å². The molecule has 1 aromatic heterocycles. The van der Waals surface area contributed by atoms with Gasteiger partial charge in [0.25, 0.3) is 0 Å². The fourth-order valence-corrected chi connectivity index (χ4v) is 3.93. The van der Waals surface area contributed by atoms with Gasteiger partial charge in [-0.3, -0.25) is 0 Å². The maximum atomic E-state index is 11.5. The molecule has 1 aliphatic rings. The molecule has 100 valence electrons. The molecule has 2 heterocycles. The van der Waals surface area contributed by atoms with Gasteiger partial charge < -0.3 is 0 Å². The van der Waals surface area contributed by atoms with E-state index in [-0.39, 0.29) is 22.8 Å². The Bertz CT molecular complexity index is 564. The summed E-state index contributed by atoms with van der Waals surface area (Å²) in [6, 6.07) is 1.74. The molecule has 6 heteroatoms. The van der Waals surface area contributed by atoms with Gasteiger partial charge in [-0.2, -0.15) is 0 Å². The summed E-state index contributed by atoms with van der Waals surface area (Å²) in [5, 5.41) is 0.384. The standard InChI is InChI=1S/C12H17ClN2O2S/c1-12(2,3)9-6-10(13)15-11(14-9)8-4-5-18(16,17)7-8/h6,8H,4-5,7H2,1-3H3. The van der Waals surface area contributed by atoms with Gasteiger partial charge in [0.1, 0.15) is 11.0 Å². The molecule has 1 saturated heterocycles. The molecule has 1 aliphatic heterocycles. The van der Waals surface area contributed by atoms with Crippen molar-refractivity contribution in [3.63, 3.8) is 0 Å². The molecule has 1 aromatic rings. The van der Waals surface area contributed by atoms with Crippen LogP contribution in [0, 0.1) is 0 Å². The van der Waals surface area contributed by atoms with Crippen LogP contribution in [0.4, 0.5) is 0 Å². The topological polar surface area (TPSA) is 59.9 Å². The second-order valence-electron chi connectivity index (χ2n) is 5.78. The van der Waals surface area contributed by atoms with Crippen LogP contribution in [0.15, 0.2) is 6.07 Å². The van der Waals surface area contributed by atoms with Crippen LogP contribution in [0.25, 0.3) is 0 Å². The predicted molar refractivity (Wildman–Crippen MR) is 71.8 cm³/mol. The first kappa shape index (κ1) is 13.7. The summed E-state index contributed by atoms with van der Waals surface area (Å²) in [5.74, 6) is 0.804. The van der Waals surface area contributed by atoms with E-state index in [1.54, 1.807) is 6.07 Å². The molecule has 0 bridgehead atoms. The van der Waals surface area contributed by atoms with Gasteiger partial charge in [-0.25, -0.2) is 18.4 Å². The van der Waals surface area contributed by atoms with E-state index in [1.807, 2.05) is 20.8 Å². The molecule has 0 aliphatic carbocycles. The molecule has 0 N–H and O–H groups in total. The number of nitrogens with zero attached hydrogens (tertiary/aromatic N) is 2. The van der Waals surface area contributed by atoms with Crippen LogP contribution >= 0.6 is 11.6 Å². The molecule has 0 aromatic carbocycles. The number of aromatic nitrogens is 2. The minimum Gasteiger partial charge on any atom is -0.237 e. The van der Waals surface area contributed by atoms with Gasteiger partial charge in [-0.15, -0.1) is 0 Å². The van der Waals surface area contributed by atoms with Crippen LogP contribution in [0.5, 0.6) is 0 Å². The third kappa shape index (κ3) is 3.01. The normalized spacial score (nSPS) is 23.2. The lowest BCUT2D eigenvalue weighted by atomic mass is 9.92. The lowest BCUT2D eigenvalue weighted by molar-refractivity contribution is 0.555. The van der Waals surface area contributed by atoms with Crippen LogP contribution < -0.4 is 0 Å². The first-order valence-corrected chi connectivity index (χ1v) is 8.13. The van der Waals surface area contributed by atoms with Crippen LogP contribution in [-0.2, 0) is 15.3 Å². The molecular formula is C12H17ClN2O2S. The van der Waals surface area contributed by atoms with Gasteiger partial charge in [-0.05, 0) is 12.5 Å². The summed E-state index contributed by atoms with van der Waals surface area (Å²) >= 11 is 6.00. The number of halogens is 1. The van der Waals surface area contributed by atoms with E-state index >= 15 is 0 Å². The van der Waals surface area contributed by atoms with Crippen LogP contribution in [0.3, 0.4) is 0 Å². The van der Waals surface area contributed by atoms with Crippen molar-refractivity contribution in [2.75, 3.05) is 11.5 Å². The van der Waals surface area contributed by atoms with Crippen molar-refractivity contribution >= 4 is 21.4 Å². The Hall–Kier alpha value is -0.680. The summed E-state index contributed by atoms with van der Waals surface area (Å²) in [6.45, 7) is 6.13. The average Bonchev–Trinajstić information content (AvgIpc) is 2.56. The lowest BCUT2D eigenvalue weighted by Crippen LogP contribution is -2.17. The van der Waals surface area contributed by atoms with Crippen molar-refractivity contribution < 1.29 is 8.42 Å². The predicted octanol–water partition coefficient (Wildman–Crippen LogP) is 2.33. The van der Waals surface area contributed by atoms with Crippen molar-refractivity contribution in [1.82, 2.24) is 9.97 Å². The van der Waals surface area contributed by atoms with Crippen molar-refractivity contribution in [2.24, 2.45) is 0 Å². The molecule has 0 saturated carbocycles. The van der Waals surface area contributed by atoms with Gasteiger partial charge in [0.2, 0.25) is 0 Å². The largest absolute Gasteiger partial charge is 0.237 e. The SMILES string of the molecule is CC(C)(C)c1cc(Cl)nc(C2CCS(=O)(=O)C2)n1. The van der Waals surface area contributed by atoms with Crippen molar-refractivity contribution in [3.05, 3.63) is 22.7 Å². The van der Waals surface area contributed by atoms with E-state index in [0.29, 0.717) is 17.4 Å². The van der Waals surface area contributed by atoms with Gasteiger partial charge >= 0.3 is 0 Å². The Morgan fingerprint density at radius 3 is 2.50 bits per heavy atom. The summed E-state index contributed by atoms with van der Waals surface area (Å²) in [6.07, 6.45) is 0.590. The van der Waals surface area contributed by atoms with E-state index in [2.05, 4.69) is 9.97 Å². The van der Waals surface area contributed by atoms with E-state index in [9.17, 15) is 8.42 Å². The Morgan fingerprint density at radius 2 is 2.00 bits per heavy atom. The van der Waals surface area contributed by atoms with E-state index in [1.165, 1.54) is 0 Å². The highest BCUT2D eigenvalue weighted by Gasteiger charge is 2.32. The van der Waals surface area contributed by atoms with Crippen molar-refractivity contribution in [1.29, 1.82) is 0 Å². The van der Waals surface area contributed by atoms with Gasteiger partial charge in [0, 0.05) is 11.3 Å². The zero-order valence-electron chi connectivity index (χ0n) is 10.8. The molecule has 1 unspecified atom stereocenters. The fraction of sp³-hybridized carbons (Fsp3) is 0.667. The second kappa shape index (κ2) is 4.46. The van der Waals surface area contributed by atoms with Crippen molar-refractivity contribution in [3.8, 4) is 0 Å². The van der Waals surface area contributed by atoms with Crippen LogP contribution in [-0.4, -0.2) is 29.9 Å². The van der Waals surface area contributed by atoms with Crippen molar-refractivity contribution in [2.45, 2.75) is 38.5 Å². The number of rotatable bonds is 1. The number of hydrogen-bond donors (Lipinski definition) is 0. The quantitative estimate of drug-likeness (QED) is 0.744.